The van der Waals surface area contributed by atoms with Crippen LogP contribution in [0.4, 0.5) is 0 Å². The number of piperidine rings is 1. The van der Waals surface area contributed by atoms with Gasteiger partial charge in [-0.1, -0.05) is 30.3 Å². The number of carbonyl (C=O) groups excluding carboxylic acids is 1. The lowest BCUT2D eigenvalue weighted by Gasteiger charge is -2.32. The molecule has 3 heterocycles. The number of hydrogen-bond donors (Lipinski definition) is 1. The van der Waals surface area contributed by atoms with Crippen LogP contribution in [0.25, 0.3) is 11.4 Å². The van der Waals surface area contributed by atoms with Crippen molar-refractivity contribution >= 4 is 5.91 Å². The van der Waals surface area contributed by atoms with E-state index in [0.717, 1.165) is 48.4 Å². The van der Waals surface area contributed by atoms with Crippen molar-refractivity contribution in [2.24, 2.45) is 13.0 Å². The summed E-state index contributed by atoms with van der Waals surface area (Å²) in [6, 6.07) is 10.2. The smallest absolute Gasteiger partial charge is 0.328 e. The van der Waals surface area contributed by atoms with Gasteiger partial charge in [0, 0.05) is 62.3 Å². The summed E-state index contributed by atoms with van der Waals surface area (Å²) in [6.45, 7) is 4.04. The predicted octanol–water partition coefficient (Wildman–Crippen LogP) is 2.12. The van der Waals surface area contributed by atoms with Gasteiger partial charge in [-0.2, -0.15) is 0 Å². The molecule has 0 saturated carbocycles. The Morgan fingerprint density at radius 2 is 1.88 bits per heavy atom. The highest BCUT2D eigenvalue weighted by atomic mass is 16.2. The van der Waals surface area contributed by atoms with E-state index in [9.17, 15) is 14.4 Å². The molecule has 8 heteroatoms. The molecule has 3 aromatic rings. The van der Waals surface area contributed by atoms with Gasteiger partial charge in [-0.15, -0.1) is 0 Å². The van der Waals surface area contributed by atoms with Crippen LogP contribution in [0, 0.1) is 12.8 Å². The number of aryl methyl sites for hydroxylation is 1. The van der Waals surface area contributed by atoms with Crippen molar-refractivity contribution in [3.8, 4) is 11.4 Å². The van der Waals surface area contributed by atoms with E-state index in [-0.39, 0.29) is 17.9 Å². The summed E-state index contributed by atoms with van der Waals surface area (Å²) >= 11 is 0. The Labute approximate surface area is 186 Å². The molecular weight excluding hydrogens is 406 g/mol. The van der Waals surface area contributed by atoms with Gasteiger partial charge in [0.15, 0.2) is 0 Å². The molecule has 168 valence electrons. The van der Waals surface area contributed by atoms with E-state index >= 15 is 0 Å². The topological polar surface area (TPSA) is 93.0 Å². The second-order valence-electron chi connectivity index (χ2n) is 8.49. The average molecular weight is 436 g/mol. The van der Waals surface area contributed by atoms with Crippen LogP contribution in [0.3, 0.4) is 0 Å². The lowest BCUT2D eigenvalue weighted by molar-refractivity contribution is -0.132. The molecule has 0 spiro atoms. The van der Waals surface area contributed by atoms with Gasteiger partial charge in [-0.25, -0.2) is 9.78 Å². The molecular formula is C24H29N5O3. The lowest BCUT2D eigenvalue weighted by Crippen LogP contribution is -2.40. The van der Waals surface area contributed by atoms with E-state index in [1.807, 2.05) is 35.5 Å². The SMILES string of the molecule is Cc1[nH]c(=O)n(C)c(=O)c1CCC(=O)N1CCC(Cn2ccnc2-c2ccccc2)CC1. The van der Waals surface area contributed by atoms with Gasteiger partial charge in [-0.3, -0.25) is 14.2 Å². The first-order valence-corrected chi connectivity index (χ1v) is 11.1. The quantitative estimate of drug-likeness (QED) is 0.642. The van der Waals surface area contributed by atoms with E-state index in [1.165, 1.54) is 7.05 Å². The van der Waals surface area contributed by atoms with Crippen molar-refractivity contribution in [2.45, 2.75) is 39.2 Å². The second kappa shape index (κ2) is 9.38. The molecule has 1 aliphatic heterocycles. The minimum atomic E-state index is -0.432. The summed E-state index contributed by atoms with van der Waals surface area (Å²) in [5, 5.41) is 0. The number of aromatic amines is 1. The summed E-state index contributed by atoms with van der Waals surface area (Å²) in [4.78, 5) is 45.8. The van der Waals surface area contributed by atoms with Crippen LogP contribution >= 0.6 is 0 Å². The van der Waals surface area contributed by atoms with Crippen LogP contribution in [-0.2, 0) is 24.8 Å². The number of likely N-dealkylation sites (tertiary alicyclic amines) is 1. The minimum Gasteiger partial charge on any atom is -0.343 e. The number of aromatic nitrogens is 4. The molecule has 8 nitrogen and oxygen atoms in total. The molecule has 1 amide bonds. The molecule has 1 fully saturated rings. The maximum absolute atomic E-state index is 12.7. The highest BCUT2D eigenvalue weighted by molar-refractivity contribution is 5.76. The largest absolute Gasteiger partial charge is 0.343 e. The van der Waals surface area contributed by atoms with Gasteiger partial charge < -0.3 is 14.5 Å². The van der Waals surface area contributed by atoms with Gasteiger partial charge in [-0.05, 0) is 32.1 Å². The summed E-state index contributed by atoms with van der Waals surface area (Å²) in [5.74, 6) is 1.52. The number of benzene rings is 1. The Morgan fingerprint density at radius 3 is 2.59 bits per heavy atom. The minimum absolute atomic E-state index is 0.0590. The fourth-order valence-electron chi connectivity index (χ4n) is 4.41. The third-order valence-electron chi connectivity index (χ3n) is 6.37. The molecule has 1 saturated heterocycles. The van der Waals surface area contributed by atoms with E-state index in [4.69, 9.17) is 0 Å². The highest BCUT2D eigenvalue weighted by Crippen LogP contribution is 2.23. The standard InChI is InChI=1S/C24H29N5O3/c1-17-20(23(31)27(2)24(32)26-17)8-9-21(30)28-13-10-18(11-14-28)16-29-15-12-25-22(29)19-6-4-3-5-7-19/h3-7,12,15,18H,8-11,13-14,16H2,1-2H3,(H,26,32). The van der Waals surface area contributed by atoms with Crippen LogP contribution in [-0.4, -0.2) is 43.0 Å². The van der Waals surface area contributed by atoms with Crippen LogP contribution in [0.15, 0.2) is 52.3 Å². The molecule has 1 N–H and O–H groups in total. The van der Waals surface area contributed by atoms with E-state index < -0.39 is 5.69 Å². The third-order valence-corrected chi connectivity index (χ3v) is 6.37. The van der Waals surface area contributed by atoms with Gasteiger partial charge in [0.2, 0.25) is 5.91 Å². The summed E-state index contributed by atoms with van der Waals surface area (Å²) in [7, 11) is 1.44. The zero-order valence-electron chi connectivity index (χ0n) is 18.6. The molecule has 1 aliphatic rings. The number of nitrogens with zero attached hydrogens (tertiary/aromatic N) is 4. The van der Waals surface area contributed by atoms with E-state index in [2.05, 4.69) is 26.7 Å². The monoisotopic (exact) mass is 435 g/mol. The zero-order chi connectivity index (χ0) is 22.7. The van der Waals surface area contributed by atoms with Crippen molar-refractivity contribution in [3.63, 3.8) is 0 Å². The van der Waals surface area contributed by atoms with Crippen molar-refractivity contribution in [1.29, 1.82) is 0 Å². The highest BCUT2D eigenvalue weighted by Gasteiger charge is 2.24. The Balaban J connectivity index is 1.32. The fraction of sp³-hybridized carbons (Fsp3) is 0.417. The normalized spacial score (nSPS) is 14.6. The number of H-pyrrole nitrogens is 1. The van der Waals surface area contributed by atoms with Gasteiger partial charge in [0.1, 0.15) is 5.82 Å². The maximum atomic E-state index is 12.7. The number of carbonyl (C=O) groups is 1. The van der Waals surface area contributed by atoms with Crippen LogP contribution in [0.1, 0.15) is 30.5 Å². The summed E-state index contributed by atoms with van der Waals surface area (Å²) in [6.07, 6.45) is 6.35. The molecule has 0 aliphatic carbocycles. The second-order valence-corrected chi connectivity index (χ2v) is 8.49. The number of imidazole rings is 1. The molecule has 0 bridgehead atoms. The number of amides is 1. The average Bonchev–Trinajstić information content (AvgIpc) is 3.26. The molecule has 4 rings (SSSR count). The van der Waals surface area contributed by atoms with Gasteiger partial charge in [0.25, 0.3) is 5.56 Å². The van der Waals surface area contributed by atoms with Crippen molar-refractivity contribution in [1.82, 2.24) is 24.0 Å². The predicted molar refractivity (Wildman–Crippen MR) is 122 cm³/mol. The molecule has 1 aromatic carbocycles. The third kappa shape index (κ3) is 4.59. The Hall–Kier alpha value is -3.42. The first kappa shape index (κ1) is 21.8. The lowest BCUT2D eigenvalue weighted by atomic mass is 9.96. The zero-order valence-corrected chi connectivity index (χ0v) is 18.6. The molecule has 0 atom stereocenters. The number of rotatable bonds is 6. The number of hydrogen-bond acceptors (Lipinski definition) is 4. The Kier molecular flexibility index (Phi) is 6.39. The molecule has 0 unspecified atom stereocenters. The van der Waals surface area contributed by atoms with Gasteiger partial charge >= 0.3 is 5.69 Å². The Morgan fingerprint density at radius 1 is 1.16 bits per heavy atom. The van der Waals surface area contributed by atoms with Crippen molar-refractivity contribution < 1.29 is 4.79 Å². The molecule has 32 heavy (non-hydrogen) atoms. The number of nitrogens with one attached hydrogen (secondary N) is 1. The van der Waals surface area contributed by atoms with E-state index in [0.29, 0.717) is 23.6 Å². The molecule has 2 aromatic heterocycles. The first-order chi connectivity index (χ1) is 15.4. The first-order valence-electron chi connectivity index (χ1n) is 11.1. The van der Waals surface area contributed by atoms with Crippen LogP contribution in [0.2, 0.25) is 0 Å². The van der Waals surface area contributed by atoms with Crippen molar-refractivity contribution in [3.05, 3.63) is 74.8 Å². The summed E-state index contributed by atoms with van der Waals surface area (Å²) < 4.78 is 3.25. The van der Waals surface area contributed by atoms with Crippen LogP contribution < -0.4 is 11.2 Å². The summed E-state index contributed by atoms with van der Waals surface area (Å²) in [5.41, 5.74) is 1.39. The van der Waals surface area contributed by atoms with E-state index in [1.54, 1.807) is 6.92 Å². The molecule has 0 radical (unpaired) electrons. The van der Waals surface area contributed by atoms with Crippen LogP contribution in [0.5, 0.6) is 0 Å². The maximum Gasteiger partial charge on any atom is 0.328 e. The fourth-order valence-corrected chi connectivity index (χ4v) is 4.41. The Bertz CT molecular complexity index is 1200. The van der Waals surface area contributed by atoms with Gasteiger partial charge in [0.05, 0.1) is 0 Å². The van der Waals surface area contributed by atoms with Crippen molar-refractivity contribution in [2.75, 3.05) is 13.1 Å².